The molecular formula is C26H33N3O6. The molecule has 0 unspecified atom stereocenters. The number of hydrogen-bond acceptors (Lipinski definition) is 6. The predicted molar refractivity (Wildman–Crippen MR) is 130 cm³/mol. The summed E-state index contributed by atoms with van der Waals surface area (Å²) in [5.41, 5.74) is 2.14. The minimum Gasteiger partial charge on any atom is -0.497 e. The van der Waals surface area contributed by atoms with E-state index in [4.69, 9.17) is 24.5 Å². The lowest BCUT2D eigenvalue weighted by molar-refractivity contribution is -0.159. The Kier molecular flexibility index (Phi) is 9.63. The van der Waals surface area contributed by atoms with E-state index >= 15 is 0 Å². The highest BCUT2D eigenvalue weighted by Crippen LogP contribution is 2.21. The van der Waals surface area contributed by atoms with E-state index in [-0.39, 0.29) is 5.91 Å². The van der Waals surface area contributed by atoms with Crippen LogP contribution in [0.1, 0.15) is 28.8 Å². The zero-order valence-corrected chi connectivity index (χ0v) is 20.0. The molecule has 9 heteroatoms. The highest BCUT2D eigenvalue weighted by atomic mass is 16.5. The topological polar surface area (TPSA) is 111 Å². The van der Waals surface area contributed by atoms with E-state index in [1.807, 2.05) is 29.2 Å². The number of likely N-dealkylation sites (tertiary alicyclic amines) is 1. The maximum atomic E-state index is 12.8. The Morgan fingerprint density at radius 3 is 1.91 bits per heavy atom. The Bertz CT molecular complexity index is 954. The van der Waals surface area contributed by atoms with Crippen LogP contribution in [0, 0.1) is 0 Å². The third-order valence-corrected chi connectivity index (χ3v) is 6.44. The average molecular weight is 484 g/mol. The lowest BCUT2D eigenvalue weighted by atomic mass is 10.0. The first-order valence-corrected chi connectivity index (χ1v) is 11.8. The van der Waals surface area contributed by atoms with Gasteiger partial charge in [-0.2, -0.15) is 0 Å². The second-order valence-electron chi connectivity index (χ2n) is 8.66. The van der Waals surface area contributed by atoms with Crippen LogP contribution in [0.5, 0.6) is 5.75 Å². The number of nitrogens with zero attached hydrogens (tertiary/aromatic N) is 3. The molecule has 2 fully saturated rings. The van der Waals surface area contributed by atoms with E-state index in [1.165, 1.54) is 18.4 Å². The predicted octanol–water partition coefficient (Wildman–Crippen LogP) is 2.27. The lowest BCUT2D eigenvalue weighted by Gasteiger charge is -2.42. The maximum Gasteiger partial charge on any atom is 0.414 e. The van der Waals surface area contributed by atoms with Gasteiger partial charge in [0.2, 0.25) is 0 Å². The standard InChI is InChI=1S/C24H31N3O2.C2H2O4/c1-29-23-9-7-21(8-10-23)24(28)27-17-15-26(16-18-27)22-11-13-25(14-12-22)19-20-5-3-2-4-6-20;3-1(4)2(5)6/h2-10,22H,11-19H2,1H3;(H,3,4)(H,5,6). The first-order valence-electron chi connectivity index (χ1n) is 11.8. The van der Waals surface area contributed by atoms with Gasteiger partial charge in [-0.05, 0) is 55.8 Å². The van der Waals surface area contributed by atoms with Crippen LogP contribution in [0.25, 0.3) is 0 Å². The summed E-state index contributed by atoms with van der Waals surface area (Å²) < 4.78 is 5.18. The van der Waals surface area contributed by atoms with Crippen molar-refractivity contribution in [3.05, 3.63) is 65.7 Å². The summed E-state index contributed by atoms with van der Waals surface area (Å²) in [5, 5.41) is 14.8. The first-order chi connectivity index (χ1) is 16.9. The number of amides is 1. The molecule has 0 aliphatic carbocycles. The molecule has 0 spiro atoms. The molecule has 4 rings (SSSR count). The quantitative estimate of drug-likeness (QED) is 0.624. The number of hydrogen-bond donors (Lipinski definition) is 2. The Balaban J connectivity index is 0.000000509. The molecule has 188 valence electrons. The van der Waals surface area contributed by atoms with Crippen LogP contribution in [0.4, 0.5) is 0 Å². The van der Waals surface area contributed by atoms with E-state index in [0.717, 1.165) is 57.1 Å². The van der Waals surface area contributed by atoms with Crippen LogP contribution in [-0.2, 0) is 16.1 Å². The van der Waals surface area contributed by atoms with Crippen molar-refractivity contribution in [2.75, 3.05) is 46.4 Å². The first kappa shape index (κ1) is 26.2. The van der Waals surface area contributed by atoms with Gasteiger partial charge in [0, 0.05) is 44.3 Å². The molecule has 0 saturated carbocycles. The molecule has 35 heavy (non-hydrogen) atoms. The van der Waals surface area contributed by atoms with Gasteiger partial charge in [0.15, 0.2) is 0 Å². The van der Waals surface area contributed by atoms with E-state index in [0.29, 0.717) is 6.04 Å². The average Bonchev–Trinajstić information content (AvgIpc) is 2.90. The van der Waals surface area contributed by atoms with Crippen molar-refractivity contribution in [3.63, 3.8) is 0 Å². The number of carboxylic acid groups (broad SMARTS) is 2. The molecule has 0 aromatic heterocycles. The minimum atomic E-state index is -1.82. The Hall–Kier alpha value is -3.43. The van der Waals surface area contributed by atoms with Crippen molar-refractivity contribution in [3.8, 4) is 5.75 Å². The summed E-state index contributed by atoms with van der Waals surface area (Å²) in [5.74, 6) is -2.74. The molecule has 1 amide bonds. The number of rotatable bonds is 5. The number of aliphatic carboxylic acids is 2. The van der Waals surface area contributed by atoms with Crippen molar-refractivity contribution in [1.82, 2.24) is 14.7 Å². The molecule has 9 nitrogen and oxygen atoms in total. The lowest BCUT2D eigenvalue weighted by Crippen LogP contribution is -2.54. The summed E-state index contributed by atoms with van der Waals surface area (Å²) in [6.07, 6.45) is 2.44. The highest BCUT2D eigenvalue weighted by molar-refractivity contribution is 6.27. The Morgan fingerprint density at radius 1 is 0.829 bits per heavy atom. The molecule has 2 aliphatic heterocycles. The molecule has 2 saturated heterocycles. The second kappa shape index (κ2) is 12.9. The zero-order chi connectivity index (χ0) is 25.2. The SMILES string of the molecule is COc1ccc(C(=O)N2CCN(C3CCN(Cc4ccccc4)CC3)CC2)cc1.O=C(O)C(=O)O. The van der Waals surface area contributed by atoms with Crippen molar-refractivity contribution in [2.24, 2.45) is 0 Å². The molecule has 2 aromatic rings. The maximum absolute atomic E-state index is 12.8. The van der Waals surface area contributed by atoms with Crippen LogP contribution in [0.15, 0.2) is 54.6 Å². The molecule has 2 aliphatic rings. The molecule has 2 aromatic carbocycles. The minimum absolute atomic E-state index is 0.130. The number of benzene rings is 2. The molecule has 2 N–H and O–H groups in total. The number of carbonyl (C=O) groups is 3. The van der Waals surface area contributed by atoms with Crippen LogP contribution >= 0.6 is 0 Å². The summed E-state index contributed by atoms with van der Waals surface area (Å²) in [6, 6.07) is 18.8. The number of piperidine rings is 1. The van der Waals surface area contributed by atoms with Gasteiger partial charge in [-0.3, -0.25) is 14.6 Å². The van der Waals surface area contributed by atoms with Crippen molar-refractivity contribution in [2.45, 2.75) is 25.4 Å². The summed E-state index contributed by atoms with van der Waals surface area (Å²) in [7, 11) is 1.64. The van der Waals surface area contributed by atoms with Gasteiger partial charge in [-0.25, -0.2) is 9.59 Å². The fourth-order valence-electron chi connectivity index (χ4n) is 4.49. The van der Waals surface area contributed by atoms with Crippen LogP contribution in [0.3, 0.4) is 0 Å². The fourth-order valence-corrected chi connectivity index (χ4v) is 4.49. The van der Waals surface area contributed by atoms with E-state index in [9.17, 15) is 4.79 Å². The molecule has 0 bridgehead atoms. The Labute approximate surface area is 205 Å². The number of piperazine rings is 1. The van der Waals surface area contributed by atoms with Gasteiger partial charge in [-0.15, -0.1) is 0 Å². The van der Waals surface area contributed by atoms with Crippen LogP contribution in [-0.4, -0.2) is 95.2 Å². The third kappa shape index (κ3) is 7.80. The second-order valence-corrected chi connectivity index (χ2v) is 8.66. The van der Waals surface area contributed by atoms with Gasteiger partial charge in [0.05, 0.1) is 7.11 Å². The normalized spacial score (nSPS) is 17.2. The number of methoxy groups -OCH3 is 1. The number of ether oxygens (including phenoxy) is 1. The van der Waals surface area contributed by atoms with Gasteiger partial charge < -0.3 is 19.8 Å². The zero-order valence-electron chi connectivity index (χ0n) is 20.0. The largest absolute Gasteiger partial charge is 0.497 e. The molecule has 0 radical (unpaired) electrons. The number of carbonyl (C=O) groups excluding carboxylic acids is 1. The van der Waals surface area contributed by atoms with E-state index in [1.54, 1.807) is 7.11 Å². The van der Waals surface area contributed by atoms with Crippen molar-refractivity contribution < 1.29 is 29.3 Å². The van der Waals surface area contributed by atoms with E-state index < -0.39 is 11.9 Å². The summed E-state index contributed by atoms with van der Waals surface area (Å²) >= 11 is 0. The van der Waals surface area contributed by atoms with Gasteiger partial charge in [-0.1, -0.05) is 30.3 Å². The third-order valence-electron chi connectivity index (χ3n) is 6.44. The van der Waals surface area contributed by atoms with Crippen molar-refractivity contribution >= 4 is 17.8 Å². The van der Waals surface area contributed by atoms with Gasteiger partial charge >= 0.3 is 11.9 Å². The molecule has 2 heterocycles. The highest BCUT2D eigenvalue weighted by Gasteiger charge is 2.29. The van der Waals surface area contributed by atoms with Crippen LogP contribution in [0.2, 0.25) is 0 Å². The Morgan fingerprint density at radius 2 is 1.40 bits per heavy atom. The van der Waals surface area contributed by atoms with Gasteiger partial charge in [0.25, 0.3) is 5.91 Å². The molecule has 0 atom stereocenters. The van der Waals surface area contributed by atoms with E-state index in [2.05, 4.69) is 40.1 Å². The molecular weight excluding hydrogens is 450 g/mol. The monoisotopic (exact) mass is 483 g/mol. The summed E-state index contributed by atoms with van der Waals surface area (Å²) in [4.78, 5) is 38.1. The van der Waals surface area contributed by atoms with Gasteiger partial charge in [0.1, 0.15) is 5.75 Å². The van der Waals surface area contributed by atoms with Crippen LogP contribution < -0.4 is 4.74 Å². The number of carboxylic acids is 2. The smallest absolute Gasteiger partial charge is 0.414 e. The summed E-state index contributed by atoms with van der Waals surface area (Å²) in [6.45, 7) is 6.95. The fraction of sp³-hybridized carbons (Fsp3) is 0.423. The van der Waals surface area contributed by atoms with Crippen molar-refractivity contribution in [1.29, 1.82) is 0 Å².